The summed E-state index contributed by atoms with van der Waals surface area (Å²) >= 11 is 0. The summed E-state index contributed by atoms with van der Waals surface area (Å²) in [6.07, 6.45) is 0. The lowest BCUT2D eigenvalue weighted by atomic mass is 9.81. The summed E-state index contributed by atoms with van der Waals surface area (Å²) < 4.78 is 5.06. The van der Waals surface area contributed by atoms with E-state index in [1.165, 1.54) is 0 Å². The summed E-state index contributed by atoms with van der Waals surface area (Å²) in [6.45, 7) is 5.21. The SMILES string of the molecule is CC(C)(C)C(C(=O)O)C(=O)OCc1ccccc1. The molecule has 98 valence electrons. The monoisotopic (exact) mass is 250 g/mol. The lowest BCUT2D eigenvalue weighted by Crippen LogP contribution is -2.36. The highest BCUT2D eigenvalue weighted by Crippen LogP contribution is 2.27. The minimum atomic E-state index is -1.15. The first-order chi connectivity index (χ1) is 8.32. The lowest BCUT2D eigenvalue weighted by molar-refractivity contribution is -0.164. The molecule has 0 heterocycles. The van der Waals surface area contributed by atoms with E-state index in [1.807, 2.05) is 30.3 Å². The van der Waals surface area contributed by atoms with Crippen molar-refractivity contribution < 1.29 is 19.4 Å². The Morgan fingerprint density at radius 2 is 1.78 bits per heavy atom. The summed E-state index contributed by atoms with van der Waals surface area (Å²) in [6, 6.07) is 9.17. The van der Waals surface area contributed by atoms with Gasteiger partial charge in [0.2, 0.25) is 0 Å². The number of benzene rings is 1. The summed E-state index contributed by atoms with van der Waals surface area (Å²) in [5, 5.41) is 9.08. The van der Waals surface area contributed by atoms with E-state index >= 15 is 0 Å². The molecule has 0 aliphatic heterocycles. The van der Waals surface area contributed by atoms with Crippen molar-refractivity contribution in [1.29, 1.82) is 0 Å². The van der Waals surface area contributed by atoms with Crippen LogP contribution in [0.5, 0.6) is 0 Å². The normalized spacial score (nSPS) is 12.8. The Kier molecular flexibility index (Phi) is 4.48. The van der Waals surface area contributed by atoms with Crippen LogP contribution in [-0.2, 0) is 20.9 Å². The van der Waals surface area contributed by atoms with Crippen molar-refractivity contribution in [3.63, 3.8) is 0 Å². The fourth-order valence-corrected chi connectivity index (χ4v) is 1.64. The van der Waals surface area contributed by atoms with Crippen LogP contribution in [0.2, 0.25) is 0 Å². The number of hydrogen-bond donors (Lipinski definition) is 1. The molecule has 4 heteroatoms. The van der Waals surface area contributed by atoms with Gasteiger partial charge >= 0.3 is 11.9 Å². The van der Waals surface area contributed by atoms with Crippen LogP contribution >= 0.6 is 0 Å². The average Bonchev–Trinajstić information content (AvgIpc) is 2.25. The van der Waals surface area contributed by atoms with Crippen molar-refractivity contribution >= 4 is 11.9 Å². The van der Waals surface area contributed by atoms with Crippen molar-refractivity contribution in [1.82, 2.24) is 0 Å². The quantitative estimate of drug-likeness (QED) is 0.658. The molecule has 0 amide bonds. The maximum Gasteiger partial charge on any atom is 0.321 e. The molecular weight excluding hydrogens is 232 g/mol. The van der Waals surface area contributed by atoms with E-state index in [9.17, 15) is 9.59 Å². The Bertz CT molecular complexity index is 417. The Balaban J connectivity index is 2.67. The zero-order valence-corrected chi connectivity index (χ0v) is 10.8. The molecule has 0 saturated heterocycles. The first-order valence-electron chi connectivity index (χ1n) is 5.75. The molecule has 1 aromatic carbocycles. The topological polar surface area (TPSA) is 63.6 Å². The van der Waals surface area contributed by atoms with Crippen molar-refractivity contribution in [2.75, 3.05) is 0 Å². The van der Waals surface area contributed by atoms with Crippen molar-refractivity contribution in [2.24, 2.45) is 11.3 Å². The van der Waals surface area contributed by atoms with E-state index in [4.69, 9.17) is 9.84 Å². The molecule has 0 aliphatic carbocycles. The molecule has 0 aromatic heterocycles. The molecule has 1 unspecified atom stereocenters. The van der Waals surface area contributed by atoms with E-state index in [1.54, 1.807) is 20.8 Å². The minimum Gasteiger partial charge on any atom is -0.481 e. The standard InChI is InChI=1S/C14H18O4/c1-14(2,3)11(12(15)16)13(17)18-9-10-7-5-4-6-8-10/h4-8,11H,9H2,1-3H3,(H,15,16). The second kappa shape index (κ2) is 5.67. The molecule has 1 rings (SSSR count). The molecule has 0 aliphatic rings. The van der Waals surface area contributed by atoms with Crippen LogP contribution in [0.3, 0.4) is 0 Å². The van der Waals surface area contributed by atoms with Crippen LogP contribution in [0.25, 0.3) is 0 Å². The van der Waals surface area contributed by atoms with Gasteiger partial charge in [0.25, 0.3) is 0 Å². The average molecular weight is 250 g/mol. The number of rotatable bonds is 4. The van der Waals surface area contributed by atoms with E-state index in [-0.39, 0.29) is 6.61 Å². The molecule has 1 N–H and O–H groups in total. The smallest absolute Gasteiger partial charge is 0.321 e. The fraction of sp³-hybridized carbons (Fsp3) is 0.429. The molecular formula is C14H18O4. The van der Waals surface area contributed by atoms with Gasteiger partial charge in [0.15, 0.2) is 5.92 Å². The second-order valence-corrected chi connectivity index (χ2v) is 5.23. The summed E-state index contributed by atoms with van der Waals surface area (Å²) in [4.78, 5) is 22.9. The number of esters is 1. The van der Waals surface area contributed by atoms with E-state index in [2.05, 4.69) is 0 Å². The van der Waals surface area contributed by atoms with Gasteiger partial charge in [-0.3, -0.25) is 9.59 Å². The summed E-state index contributed by atoms with van der Waals surface area (Å²) in [5.74, 6) is -3.00. The number of carboxylic acids is 1. The van der Waals surface area contributed by atoms with Gasteiger partial charge in [0.05, 0.1) is 0 Å². The highest BCUT2D eigenvalue weighted by molar-refractivity contribution is 5.94. The Labute approximate surface area is 107 Å². The number of carboxylic acid groups (broad SMARTS) is 1. The van der Waals surface area contributed by atoms with Gasteiger partial charge < -0.3 is 9.84 Å². The molecule has 0 saturated carbocycles. The Hall–Kier alpha value is -1.84. The van der Waals surface area contributed by atoms with Crippen molar-refractivity contribution in [3.05, 3.63) is 35.9 Å². The third-order valence-electron chi connectivity index (χ3n) is 2.57. The third kappa shape index (κ3) is 3.87. The summed E-state index contributed by atoms with van der Waals surface area (Å²) in [5.41, 5.74) is 0.170. The van der Waals surface area contributed by atoms with Gasteiger partial charge in [-0.05, 0) is 11.0 Å². The van der Waals surface area contributed by atoms with Gasteiger partial charge in [-0.1, -0.05) is 51.1 Å². The number of carbonyl (C=O) groups is 2. The van der Waals surface area contributed by atoms with Crippen LogP contribution in [-0.4, -0.2) is 17.0 Å². The van der Waals surface area contributed by atoms with Gasteiger partial charge in [-0.25, -0.2) is 0 Å². The second-order valence-electron chi connectivity index (χ2n) is 5.23. The maximum absolute atomic E-state index is 11.8. The number of aliphatic carboxylic acids is 1. The summed E-state index contributed by atoms with van der Waals surface area (Å²) in [7, 11) is 0. The molecule has 1 atom stereocenters. The van der Waals surface area contributed by atoms with Crippen LogP contribution < -0.4 is 0 Å². The highest BCUT2D eigenvalue weighted by atomic mass is 16.5. The number of hydrogen-bond acceptors (Lipinski definition) is 3. The largest absolute Gasteiger partial charge is 0.481 e. The molecule has 0 bridgehead atoms. The molecule has 18 heavy (non-hydrogen) atoms. The fourth-order valence-electron chi connectivity index (χ4n) is 1.64. The first kappa shape index (κ1) is 14.2. The first-order valence-corrected chi connectivity index (χ1v) is 5.75. The molecule has 0 fully saturated rings. The van der Waals surface area contributed by atoms with Crippen LogP contribution in [0.4, 0.5) is 0 Å². The molecule has 0 radical (unpaired) electrons. The van der Waals surface area contributed by atoms with E-state index in [0.29, 0.717) is 0 Å². The van der Waals surface area contributed by atoms with Gasteiger partial charge in [0.1, 0.15) is 6.61 Å². The lowest BCUT2D eigenvalue weighted by Gasteiger charge is -2.25. The number of ether oxygens (including phenoxy) is 1. The van der Waals surface area contributed by atoms with Crippen molar-refractivity contribution in [2.45, 2.75) is 27.4 Å². The maximum atomic E-state index is 11.8. The predicted octanol–water partition coefficient (Wildman–Crippen LogP) is 2.48. The van der Waals surface area contributed by atoms with E-state index in [0.717, 1.165) is 5.56 Å². The highest BCUT2D eigenvalue weighted by Gasteiger charge is 2.39. The Morgan fingerprint density at radius 3 is 2.22 bits per heavy atom. The van der Waals surface area contributed by atoms with Crippen LogP contribution in [0.1, 0.15) is 26.3 Å². The number of carbonyl (C=O) groups excluding carboxylic acids is 1. The third-order valence-corrected chi connectivity index (χ3v) is 2.57. The van der Waals surface area contributed by atoms with Crippen LogP contribution in [0.15, 0.2) is 30.3 Å². The van der Waals surface area contributed by atoms with E-state index < -0.39 is 23.3 Å². The van der Waals surface area contributed by atoms with Crippen molar-refractivity contribution in [3.8, 4) is 0 Å². The zero-order valence-electron chi connectivity index (χ0n) is 10.8. The zero-order chi connectivity index (χ0) is 13.8. The molecule has 4 nitrogen and oxygen atoms in total. The van der Waals surface area contributed by atoms with Gasteiger partial charge in [-0.2, -0.15) is 0 Å². The van der Waals surface area contributed by atoms with Gasteiger partial charge in [-0.15, -0.1) is 0 Å². The van der Waals surface area contributed by atoms with Crippen LogP contribution in [0, 0.1) is 11.3 Å². The Morgan fingerprint density at radius 1 is 1.22 bits per heavy atom. The van der Waals surface area contributed by atoms with Gasteiger partial charge in [0, 0.05) is 0 Å². The molecule has 1 aromatic rings. The molecule has 0 spiro atoms. The predicted molar refractivity (Wildman–Crippen MR) is 66.8 cm³/mol. The minimum absolute atomic E-state index is 0.0968.